The van der Waals surface area contributed by atoms with Crippen LogP contribution in [0.5, 0.6) is 0 Å². The number of benzene rings is 1. The van der Waals surface area contributed by atoms with Gasteiger partial charge in [0.05, 0.1) is 11.4 Å². The molecule has 0 saturated heterocycles. The largest absolute Gasteiger partial charge is 0.352 e. The molecule has 0 radical (unpaired) electrons. The molecule has 4 rings (SSSR count). The van der Waals surface area contributed by atoms with Crippen molar-refractivity contribution in [2.24, 2.45) is 11.8 Å². The molecule has 2 aliphatic carbocycles. The predicted octanol–water partition coefficient (Wildman–Crippen LogP) is 3.08. The zero-order chi connectivity index (χ0) is 23.0. The fraction of sp³-hybridized carbons (Fsp3) is 0.667. The van der Waals surface area contributed by atoms with Gasteiger partial charge in [0, 0.05) is 30.7 Å². The number of carbonyl (C=O) groups excluding carboxylic acids is 2. The fourth-order valence-electron chi connectivity index (χ4n) is 5.21. The molecule has 3 unspecified atom stereocenters. The van der Waals surface area contributed by atoms with Crippen molar-refractivity contribution in [3.05, 3.63) is 23.8 Å². The van der Waals surface area contributed by atoms with Crippen molar-refractivity contribution < 1.29 is 18.0 Å². The van der Waals surface area contributed by atoms with Crippen molar-refractivity contribution in [3.63, 3.8) is 0 Å². The maximum absolute atomic E-state index is 13.2. The maximum atomic E-state index is 13.2. The van der Waals surface area contributed by atoms with E-state index < -0.39 is 10.0 Å². The van der Waals surface area contributed by atoms with Crippen LogP contribution in [0.2, 0.25) is 0 Å². The second-order valence-electron chi connectivity index (χ2n) is 9.88. The summed E-state index contributed by atoms with van der Waals surface area (Å²) in [7, 11) is -2.36. The van der Waals surface area contributed by atoms with Crippen LogP contribution in [0.1, 0.15) is 64.4 Å². The molecule has 8 heteroatoms. The Kier molecular flexibility index (Phi) is 6.63. The summed E-state index contributed by atoms with van der Waals surface area (Å²) in [6.45, 7) is 3.94. The normalized spacial score (nSPS) is 26.0. The molecule has 3 aliphatic rings. The van der Waals surface area contributed by atoms with Crippen LogP contribution in [-0.4, -0.2) is 50.2 Å². The summed E-state index contributed by atoms with van der Waals surface area (Å²) in [6.07, 6.45) is 7.94. The van der Waals surface area contributed by atoms with E-state index in [2.05, 4.69) is 12.2 Å². The lowest BCUT2D eigenvalue weighted by Crippen LogP contribution is -2.46. The van der Waals surface area contributed by atoms with E-state index in [-0.39, 0.29) is 41.3 Å². The number of amides is 2. The van der Waals surface area contributed by atoms with Crippen molar-refractivity contribution in [1.29, 1.82) is 0 Å². The van der Waals surface area contributed by atoms with Gasteiger partial charge >= 0.3 is 0 Å². The Balaban J connectivity index is 1.45. The van der Waals surface area contributed by atoms with Gasteiger partial charge in [-0.2, -0.15) is 4.31 Å². The number of sulfonamides is 1. The summed E-state index contributed by atoms with van der Waals surface area (Å²) in [5.74, 6) is 0.410. The van der Waals surface area contributed by atoms with E-state index in [9.17, 15) is 18.0 Å². The van der Waals surface area contributed by atoms with Gasteiger partial charge in [0.1, 0.15) is 0 Å². The molecule has 2 saturated carbocycles. The van der Waals surface area contributed by atoms with Crippen LogP contribution >= 0.6 is 0 Å². The first-order valence-corrected chi connectivity index (χ1v) is 13.3. The van der Waals surface area contributed by atoms with Crippen LogP contribution in [0.15, 0.2) is 23.1 Å². The third-order valence-corrected chi connectivity index (χ3v) is 9.29. The monoisotopic (exact) mass is 461 g/mol. The van der Waals surface area contributed by atoms with E-state index in [4.69, 9.17) is 0 Å². The molecule has 0 aromatic heterocycles. The first-order chi connectivity index (χ1) is 15.2. The minimum Gasteiger partial charge on any atom is -0.352 e. The molecule has 2 amide bonds. The number of nitrogens with one attached hydrogen (secondary N) is 1. The van der Waals surface area contributed by atoms with Crippen LogP contribution < -0.4 is 10.2 Å². The standard InChI is InChI=1S/C24H35N3O4S/c1-16-7-4-5-10-21(16)25-23(28)15-26(3)32(30,31)20-11-12-22-19(14-20)13-17(2)27(22)24(29)18-8-6-9-18/h11-12,14,16-18,21H,4-10,13,15H2,1-3H3,(H,25,28). The molecule has 1 heterocycles. The molecule has 7 nitrogen and oxygen atoms in total. The second kappa shape index (κ2) is 9.14. The number of hydrogen-bond acceptors (Lipinski definition) is 4. The van der Waals surface area contributed by atoms with E-state index in [1.807, 2.05) is 11.8 Å². The molecule has 0 spiro atoms. The lowest BCUT2D eigenvalue weighted by atomic mass is 9.84. The smallest absolute Gasteiger partial charge is 0.243 e. The van der Waals surface area contributed by atoms with Crippen molar-refractivity contribution in [2.45, 2.75) is 82.2 Å². The lowest BCUT2D eigenvalue weighted by molar-refractivity contribution is -0.125. The highest BCUT2D eigenvalue weighted by atomic mass is 32.2. The molecule has 1 aromatic carbocycles. The van der Waals surface area contributed by atoms with E-state index in [0.29, 0.717) is 12.3 Å². The SMILES string of the molecule is CC1CCCCC1NC(=O)CN(C)S(=O)(=O)c1ccc2c(c1)CC(C)N2C(=O)C1CCC1. The Bertz CT molecular complexity index is 989. The Hall–Kier alpha value is -1.93. The second-order valence-corrected chi connectivity index (χ2v) is 11.9. The zero-order valence-electron chi connectivity index (χ0n) is 19.3. The molecular formula is C24H35N3O4S. The third-order valence-electron chi connectivity index (χ3n) is 7.49. The molecule has 176 valence electrons. The number of nitrogens with zero attached hydrogens (tertiary/aromatic N) is 2. The first-order valence-electron chi connectivity index (χ1n) is 11.9. The number of likely N-dealkylation sites (N-methyl/N-ethyl adjacent to an activating group) is 1. The van der Waals surface area contributed by atoms with Crippen LogP contribution in [0, 0.1) is 11.8 Å². The summed E-state index contributed by atoms with van der Waals surface area (Å²) >= 11 is 0. The minimum atomic E-state index is -3.81. The highest BCUT2D eigenvalue weighted by Crippen LogP contribution is 2.38. The van der Waals surface area contributed by atoms with Gasteiger partial charge in [0.15, 0.2) is 0 Å². The number of hydrogen-bond donors (Lipinski definition) is 1. The molecule has 32 heavy (non-hydrogen) atoms. The molecule has 2 fully saturated rings. The van der Waals surface area contributed by atoms with Crippen LogP contribution in [0.4, 0.5) is 5.69 Å². The van der Waals surface area contributed by atoms with Crippen molar-refractivity contribution in [1.82, 2.24) is 9.62 Å². The van der Waals surface area contributed by atoms with Gasteiger partial charge in [-0.1, -0.05) is 26.2 Å². The van der Waals surface area contributed by atoms with Gasteiger partial charge < -0.3 is 10.2 Å². The summed E-state index contributed by atoms with van der Waals surface area (Å²) in [4.78, 5) is 27.4. The van der Waals surface area contributed by atoms with Crippen LogP contribution in [-0.2, 0) is 26.0 Å². The fourth-order valence-corrected chi connectivity index (χ4v) is 6.38. The third kappa shape index (κ3) is 4.44. The molecule has 1 N–H and O–H groups in total. The Labute approximate surface area is 191 Å². The van der Waals surface area contributed by atoms with Crippen molar-refractivity contribution >= 4 is 27.5 Å². The van der Waals surface area contributed by atoms with Gasteiger partial charge in [-0.25, -0.2) is 8.42 Å². The van der Waals surface area contributed by atoms with Crippen LogP contribution in [0.25, 0.3) is 0 Å². The molecule has 0 bridgehead atoms. The molecule has 1 aromatic rings. The van der Waals surface area contributed by atoms with E-state index in [0.717, 1.165) is 54.1 Å². The summed E-state index contributed by atoms with van der Waals surface area (Å²) in [5, 5.41) is 3.02. The average molecular weight is 462 g/mol. The quantitative estimate of drug-likeness (QED) is 0.705. The predicted molar refractivity (Wildman–Crippen MR) is 124 cm³/mol. The molecule has 1 aliphatic heterocycles. The Morgan fingerprint density at radius 3 is 2.47 bits per heavy atom. The Morgan fingerprint density at radius 1 is 1.09 bits per heavy atom. The van der Waals surface area contributed by atoms with E-state index in [1.54, 1.807) is 18.2 Å². The van der Waals surface area contributed by atoms with E-state index in [1.165, 1.54) is 13.5 Å². The first kappa shape index (κ1) is 23.2. The highest BCUT2D eigenvalue weighted by molar-refractivity contribution is 7.89. The minimum absolute atomic E-state index is 0.0250. The maximum Gasteiger partial charge on any atom is 0.243 e. The van der Waals surface area contributed by atoms with Crippen molar-refractivity contribution in [2.75, 3.05) is 18.5 Å². The van der Waals surface area contributed by atoms with Gasteiger partial charge in [-0.3, -0.25) is 9.59 Å². The molecule has 3 atom stereocenters. The summed E-state index contributed by atoms with van der Waals surface area (Å²) < 4.78 is 27.4. The average Bonchev–Trinajstić information content (AvgIpc) is 3.03. The van der Waals surface area contributed by atoms with Crippen molar-refractivity contribution in [3.8, 4) is 0 Å². The Morgan fingerprint density at radius 2 is 1.81 bits per heavy atom. The van der Waals surface area contributed by atoms with E-state index >= 15 is 0 Å². The van der Waals surface area contributed by atoms with Gasteiger partial charge in [-0.05, 0) is 68.7 Å². The van der Waals surface area contributed by atoms with Gasteiger partial charge in [0.2, 0.25) is 21.8 Å². The number of rotatable bonds is 6. The summed E-state index contributed by atoms with van der Waals surface area (Å²) in [5.41, 5.74) is 1.69. The number of fused-ring (bicyclic) bond motifs is 1. The number of carbonyl (C=O) groups is 2. The highest BCUT2D eigenvalue weighted by Gasteiger charge is 2.38. The van der Waals surface area contributed by atoms with Gasteiger partial charge in [0.25, 0.3) is 0 Å². The zero-order valence-corrected chi connectivity index (χ0v) is 20.2. The lowest BCUT2D eigenvalue weighted by Gasteiger charge is -2.32. The number of anilines is 1. The topological polar surface area (TPSA) is 86.8 Å². The summed E-state index contributed by atoms with van der Waals surface area (Å²) in [6, 6.07) is 5.13. The van der Waals surface area contributed by atoms with Crippen LogP contribution in [0.3, 0.4) is 0 Å². The molecular weight excluding hydrogens is 426 g/mol. The van der Waals surface area contributed by atoms with Gasteiger partial charge in [-0.15, -0.1) is 0 Å².